The normalized spacial score (nSPS) is 12.2. The quantitative estimate of drug-likeness (QED) is 0.642. The molecule has 2 rings (SSSR count). The zero-order chi connectivity index (χ0) is 13.7. The molecule has 4 heteroatoms. The van der Waals surface area contributed by atoms with Gasteiger partial charge in [0.05, 0.1) is 6.04 Å². The number of halogens is 1. The van der Waals surface area contributed by atoms with Crippen molar-refractivity contribution in [3.05, 3.63) is 65.5 Å². The fraction of sp³-hybridized carbons (Fsp3) is 0.200. The van der Waals surface area contributed by atoms with E-state index in [0.29, 0.717) is 6.61 Å². The fourth-order valence-electron chi connectivity index (χ4n) is 1.90. The van der Waals surface area contributed by atoms with Crippen molar-refractivity contribution in [3.63, 3.8) is 0 Å². The molecule has 1 unspecified atom stereocenters. The Morgan fingerprint density at radius 1 is 1.21 bits per heavy atom. The Balaban J connectivity index is 2.07. The van der Waals surface area contributed by atoms with E-state index in [1.807, 2.05) is 43.3 Å². The number of hydrogen-bond donors (Lipinski definition) is 2. The second kappa shape index (κ2) is 6.31. The molecule has 0 radical (unpaired) electrons. The van der Waals surface area contributed by atoms with Crippen LogP contribution in [0.25, 0.3) is 0 Å². The van der Waals surface area contributed by atoms with E-state index in [-0.39, 0.29) is 11.9 Å². The maximum atomic E-state index is 13.4. The van der Waals surface area contributed by atoms with E-state index in [9.17, 15) is 4.39 Å². The van der Waals surface area contributed by atoms with E-state index >= 15 is 0 Å². The molecule has 19 heavy (non-hydrogen) atoms. The summed E-state index contributed by atoms with van der Waals surface area (Å²) in [5, 5.41) is 0. The molecule has 0 aliphatic heterocycles. The molecule has 2 aromatic rings. The smallest absolute Gasteiger partial charge is 0.123 e. The third kappa shape index (κ3) is 3.77. The lowest BCUT2D eigenvalue weighted by Crippen LogP contribution is -2.32. The minimum atomic E-state index is -0.269. The molecule has 0 fully saturated rings. The number of nitrogens with two attached hydrogens (primary N) is 1. The van der Waals surface area contributed by atoms with Crippen molar-refractivity contribution in [1.82, 2.24) is 5.43 Å². The number of nitrogens with one attached hydrogen (secondary N) is 1. The molecule has 0 heterocycles. The monoisotopic (exact) mass is 260 g/mol. The van der Waals surface area contributed by atoms with Gasteiger partial charge < -0.3 is 4.74 Å². The van der Waals surface area contributed by atoms with Crippen LogP contribution in [0.2, 0.25) is 0 Å². The minimum Gasteiger partial charge on any atom is -0.492 e. The molecule has 0 saturated heterocycles. The topological polar surface area (TPSA) is 47.3 Å². The van der Waals surface area contributed by atoms with E-state index in [2.05, 4.69) is 5.43 Å². The third-order valence-electron chi connectivity index (χ3n) is 2.83. The van der Waals surface area contributed by atoms with Gasteiger partial charge in [-0.25, -0.2) is 9.82 Å². The highest BCUT2D eigenvalue weighted by atomic mass is 19.1. The Hall–Kier alpha value is -1.91. The summed E-state index contributed by atoms with van der Waals surface area (Å²) in [6, 6.07) is 14.0. The van der Waals surface area contributed by atoms with Crippen LogP contribution >= 0.6 is 0 Å². The van der Waals surface area contributed by atoms with Crippen LogP contribution in [-0.2, 0) is 0 Å². The van der Waals surface area contributed by atoms with E-state index in [4.69, 9.17) is 10.6 Å². The first-order chi connectivity index (χ1) is 9.19. The average Bonchev–Trinajstić information content (AvgIpc) is 2.39. The highest BCUT2D eigenvalue weighted by molar-refractivity contribution is 5.27. The van der Waals surface area contributed by atoms with Crippen LogP contribution in [-0.4, -0.2) is 6.61 Å². The first-order valence-corrected chi connectivity index (χ1v) is 6.10. The van der Waals surface area contributed by atoms with Gasteiger partial charge in [0.1, 0.15) is 18.2 Å². The summed E-state index contributed by atoms with van der Waals surface area (Å²) in [6.07, 6.45) is 0. The van der Waals surface area contributed by atoms with Gasteiger partial charge in [-0.1, -0.05) is 24.3 Å². The van der Waals surface area contributed by atoms with E-state index in [1.54, 1.807) is 0 Å². The summed E-state index contributed by atoms with van der Waals surface area (Å²) in [5.41, 5.74) is 4.28. The molecule has 3 N–H and O–H groups in total. The van der Waals surface area contributed by atoms with Gasteiger partial charge in [-0.05, 0) is 42.3 Å². The predicted molar refractivity (Wildman–Crippen MR) is 73.1 cm³/mol. The van der Waals surface area contributed by atoms with Crippen LogP contribution in [0.1, 0.15) is 17.2 Å². The lowest BCUT2D eigenvalue weighted by molar-refractivity contribution is 0.267. The molecule has 3 nitrogen and oxygen atoms in total. The molecule has 0 aliphatic rings. The van der Waals surface area contributed by atoms with Gasteiger partial charge in [-0.15, -0.1) is 0 Å². The van der Waals surface area contributed by atoms with Crippen LogP contribution in [0.4, 0.5) is 4.39 Å². The maximum Gasteiger partial charge on any atom is 0.123 e. The first kappa shape index (κ1) is 13.5. The Kier molecular flexibility index (Phi) is 4.49. The molecule has 100 valence electrons. The van der Waals surface area contributed by atoms with Crippen molar-refractivity contribution in [3.8, 4) is 5.75 Å². The molecule has 1 atom stereocenters. The number of hydrogen-bond acceptors (Lipinski definition) is 3. The summed E-state index contributed by atoms with van der Waals surface area (Å²) < 4.78 is 19.0. The molecular weight excluding hydrogens is 243 g/mol. The van der Waals surface area contributed by atoms with Gasteiger partial charge in [-0.2, -0.15) is 0 Å². The molecule has 0 amide bonds. The standard InChI is InChI=1S/C15H17FN2O/c1-11-7-12(9-13(16)8-11)15(18-17)10-19-14-5-3-2-4-6-14/h2-9,15,18H,10,17H2,1H3. The van der Waals surface area contributed by atoms with Gasteiger partial charge in [-0.3, -0.25) is 5.84 Å². The lowest BCUT2D eigenvalue weighted by Gasteiger charge is -2.17. The Labute approximate surface area is 112 Å². The number of hydrazine groups is 1. The van der Waals surface area contributed by atoms with Crippen molar-refractivity contribution >= 4 is 0 Å². The highest BCUT2D eigenvalue weighted by Crippen LogP contribution is 2.18. The molecule has 0 spiro atoms. The van der Waals surface area contributed by atoms with Crippen molar-refractivity contribution in [2.75, 3.05) is 6.61 Å². The average molecular weight is 260 g/mol. The summed E-state index contributed by atoms with van der Waals surface area (Å²) in [7, 11) is 0. The lowest BCUT2D eigenvalue weighted by atomic mass is 10.1. The minimum absolute atomic E-state index is 0.255. The van der Waals surface area contributed by atoms with Gasteiger partial charge in [0, 0.05) is 0 Å². The van der Waals surface area contributed by atoms with Gasteiger partial charge >= 0.3 is 0 Å². The van der Waals surface area contributed by atoms with Gasteiger partial charge in [0.25, 0.3) is 0 Å². The summed E-state index contributed by atoms with van der Waals surface area (Å²) in [5.74, 6) is 6.01. The van der Waals surface area contributed by atoms with E-state index in [0.717, 1.165) is 16.9 Å². The third-order valence-corrected chi connectivity index (χ3v) is 2.83. The fourth-order valence-corrected chi connectivity index (χ4v) is 1.90. The SMILES string of the molecule is Cc1cc(F)cc(C(COc2ccccc2)NN)c1. The zero-order valence-corrected chi connectivity index (χ0v) is 10.8. The second-order valence-electron chi connectivity index (χ2n) is 4.41. The zero-order valence-electron chi connectivity index (χ0n) is 10.8. The van der Waals surface area contributed by atoms with Crippen molar-refractivity contribution < 1.29 is 9.13 Å². The molecule has 0 aromatic heterocycles. The van der Waals surface area contributed by atoms with Gasteiger partial charge in [0.2, 0.25) is 0 Å². The second-order valence-corrected chi connectivity index (χ2v) is 4.41. The summed E-state index contributed by atoms with van der Waals surface area (Å²) in [4.78, 5) is 0. The summed E-state index contributed by atoms with van der Waals surface area (Å²) in [6.45, 7) is 2.18. The molecule has 2 aromatic carbocycles. The van der Waals surface area contributed by atoms with Crippen LogP contribution in [0.15, 0.2) is 48.5 Å². The van der Waals surface area contributed by atoms with Crippen LogP contribution in [0.3, 0.4) is 0 Å². The van der Waals surface area contributed by atoms with Crippen molar-refractivity contribution in [2.45, 2.75) is 13.0 Å². The number of ether oxygens (including phenoxy) is 1. The molecule has 0 aliphatic carbocycles. The number of benzene rings is 2. The molecule has 0 bridgehead atoms. The first-order valence-electron chi connectivity index (χ1n) is 6.10. The number of aryl methyl sites for hydroxylation is 1. The van der Waals surface area contributed by atoms with E-state index < -0.39 is 0 Å². The van der Waals surface area contributed by atoms with Crippen LogP contribution in [0, 0.1) is 12.7 Å². The Morgan fingerprint density at radius 2 is 1.95 bits per heavy atom. The van der Waals surface area contributed by atoms with Crippen LogP contribution in [0.5, 0.6) is 5.75 Å². The maximum absolute atomic E-state index is 13.4. The van der Waals surface area contributed by atoms with Crippen LogP contribution < -0.4 is 16.0 Å². The molecule has 0 saturated carbocycles. The number of rotatable bonds is 5. The molecular formula is C15H17FN2O. The highest BCUT2D eigenvalue weighted by Gasteiger charge is 2.12. The van der Waals surface area contributed by atoms with Crippen molar-refractivity contribution in [2.24, 2.45) is 5.84 Å². The van der Waals surface area contributed by atoms with Gasteiger partial charge in [0.15, 0.2) is 0 Å². The van der Waals surface area contributed by atoms with E-state index in [1.165, 1.54) is 12.1 Å². The predicted octanol–water partition coefficient (Wildman–Crippen LogP) is 2.72. The number of para-hydroxylation sites is 1. The Morgan fingerprint density at radius 3 is 2.58 bits per heavy atom. The Bertz CT molecular complexity index is 511. The largest absolute Gasteiger partial charge is 0.492 e. The van der Waals surface area contributed by atoms with Crippen molar-refractivity contribution in [1.29, 1.82) is 0 Å². The summed E-state index contributed by atoms with van der Waals surface area (Å²) >= 11 is 0.